The molecule has 2 aromatic carbocycles. The number of imidazole rings is 1. The van der Waals surface area contributed by atoms with E-state index in [1.165, 1.54) is 0 Å². The highest BCUT2D eigenvalue weighted by molar-refractivity contribution is 9.10. The third-order valence-electron chi connectivity index (χ3n) is 5.66. The summed E-state index contributed by atoms with van der Waals surface area (Å²) in [4.78, 5) is 19.1. The van der Waals surface area contributed by atoms with Crippen molar-refractivity contribution in [1.29, 1.82) is 0 Å². The molecule has 0 spiro atoms. The summed E-state index contributed by atoms with van der Waals surface area (Å²) in [6, 6.07) is 14.2. The quantitative estimate of drug-likeness (QED) is 0.575. The van der Waals surface area contributed by atoms with E-state index in [-0.39, 0.29) is 24.0 Å². The van der Waals surface area contributed by atoms with Crippen molar-refractivity contribution in [2.45, 2.75) is 32.4 Å². The molecule has 28 heavy (non-hydrogen) atoms. The van der Waals surface area contributed by atoms with Crippen LogP contribution in [0.25, 0.3) is 11.0 Å². The van der Waals surface area contributed by atoms with Crippen LogP contribution in [0.1, 0.15) is 31.9 Å². The van der Waals surface area contributed by atoms with Gasteiger partial charge in [0.05, 0.1) is 17.9 Å². The second kappa shape index (κ2) is 7.59. The number of benzene rings is 2. The molecule has 6 heteroatoms. The summed E-state index contributed by atoms with van der Waals surface area (Å²) in [7, 11) is 1.96. The molecule has 0 bridgehead atoms. The lowest BCUT2D eigenvalue weighted by molar-refractivity contribution is -0.129. The number of hydrogen-bond donors (Lipinski definition) is 0. The van der Waals surface area contributed by atoms with Gasteiger partial charge in [-0.25, -0.2) is 4.98 Å². The van der Waals surface area contributed by atoms with Crippen LogP contribution in [-0.4, -0.2) is 33.0 Å². The van der Waals surface area contributed by atoms with Crippen molar-refractivity contribution in [1.82, 2.24) is 14.5 Å². The fraction of sp³-hybridized carbons (Fsp3) is 0.364. The molecule has 1 amide bonds. The minimum Gasteiger partial charge on any atom is -0.488 e. The Bertz CT molecular complexity index is 1000. The van der Waals surface area contributed by atoms with Crippen molar-refractivity contribution in [2.24, 2.45) is 13.0 Å². The van der Waals surface area contributed by atoms with E-state index in [1.54, 1.807) is 6.33 Å². The lowest BCUT2D eigenvalue weighted by Crippen LogP contribution is -2.31. The highest BCUT2D eigenvalue weighted by Gasteiger charge is 2.37. The van der Waals surface area contributed by atoms with Gasteiger partial charge in [-0.3, -0.25) is 4.79 Å². The topological polar surface area (TPSA) is 47.4 Å². The first-order valence-corrected chi connectivity index (χ1v) is 10.3. The van der Waals surface area contributed by atoms with Crippen LogP contribution in [0.4, 0.5) is 0 Å². The maximum Gasteiger partial charge on any atom is 0.223 e. The van der Waals surface area contributed by atoms with Crippen molar-refractivity contribution in [3.8, 4) is 5.75 Å². The van der Waals surface area contributed by atoms with Gasteiger partial charge < -0.3 is 14.2 Å². The van der Waals surface area contributed by atoms with Crippen LogP contribution in [0.5, 0.6) is 5.75 Å². The summed E-state index contributed by atoms with van der Waals surface area (Å²) >= 11 is 3.54. The number of halogens is 1. The van der Waals surface area contributed by atoms with Gasteiger partial charge in [0.25, 0.3) is 0 Å². The number of carbonyl (C=O) groups is 1. The van der Waals surface area contributed by atoms with Crippen LogP contribution in [0.3, 0.4) is 0 Å². The molecular formula is C22H24BrN3O2. The summed E-state index contributed by atoms with van der Waals surface area (Å²) in [6.07, 6.45) is 2.22. The van der Waals surface area contributed by atoms with Gasteiger partial charge in [0.15, 0.2) is 0 Å². The monoisotopic (exact) mass is 441 g/mol. The molecule has 4 rings (SSSR count). The second-order valence-electron chi connectivity index (χ2n) is 7.55. The Kier molecular flexibility index (Phi) is 5.15. The smallest absolute Gasteiger partial charge is 0.223 e. The highest BCUT2D eigenvalue weighted by Crippen LogP contribution is 2.34. The molecule has 1 fully saturated rings. The molecule has 0 radical (unpaired) electrons. The van der Waals surface area contributed by atoms with Crippen LogP contribution in [0.15, 0.2) is 53.3 Å². The Balaban J connectivity index is 1.51. The number of hydrogen-bond acceptors (Lipinski definition) is 3. The largest absolute Gasteiger partial charge is 0.488 e. The number of nitrogens with zero attached hydrogens (tertiary/aromatic N) is 3. The number of likely N-dealkylation sites (tertiary alicyclic amines) is 1. The maximum atomic E-state index is 12.7. The molecule has 5 nitrogen and oxygen atoms in total. The van der Waals surface area contributed by atoms with E-state index in [0.29, 0.717) is 13.0 Å². The minimum absolute atomic E-state index is 0.0700. The van der Waals surface area contributed by atoms with Crippen LogP contribution in [0, 0.1) is 5.92 Å². The van der Waals surface area contributed by atoms with Crippen molar-refractivity contribution in [3.05, 3.63) is 58.8 Å². The molecule has 1 aliphatic heterocycles. The molecule has 1 aromatic heterocycles. The molecule has 1 saturated heterocycles. The number of fused-ring (bicyclic) bond motifs is 1. The number of aromatic nitrogens is 2. The van der Waals surface area contributed by atoms with Crippen LogP contribution >= 0.6 is 15.9 Å². The summed E-state index contributed by atoms with van der Waals surface area (Å²) in [6.45, 7) is 4.85. The zero-order valence-corrected chi connectivity index (χ0v) is 17.9. The van der Waals surface area contributed by atoms with Gasteiger partial charge in [0.1, 0.15) is 17.4 Å². The molecule has 3 atom stereocenters. The van der Waals surface area contributed by atoms with Gasteiger partial charge in [-0.05, 0) is 31.5 Å². The minimum atomic E-state index is -0.0793. The molecular weight excluding hydrogens is 418 g/mol. The van der Waals surface area contributed by atoms with E-state index >= 15 is 0 Å². The average molecular weight is 442 g/mol. The van der Waals surface area contributed by atoms with E-state index in [4.69, 9.17) is 4.74 Å². The molecule has 0 unspecified atom stereocenters. The van der Waals surface area contributed by atoms with Crippen LogP contribution in [-0.2, 0) is 11.8 Å². The Labute approximate surface area is 173 Å². The van der Waals surface area contributed by atoms with Crippen molar-refractivity contribution in [3.63, 3.8) is 0 Å². The number of ether oxygens (including phenoxy) is 1. The van der Waals surface area contributed by atoms with Gasteiger partial charge in [-0.15, -0.1) is 0 Å². The van der Waals surface area contributed by atoms with Gasteiger partial charge in [-0.2, -0.15) is 0 Å². The maximum absolute atomic E-state index is 12.7. The van der Waals surface area contributed by atoms with Gasteiger partial charge in [0, 0.05) is 30.4 Å². The van der Waals surface area contributed by atoms with E-state index in [9.17, 15) is 4.79 Å². The van der Waals surface area contributed by atoms with Crippen molar-refractivity contribution >= 4 is 32.9 Å². The standard InChI is InChI=1S/C22H24BrN3O2/c1-14(16-7-5-4-6-8-16)26-12-17(9-21(26)27)15(2)28-20-11-18(23)10-19-22(20)25(3)13-24-19/h4-8,10-11,13-15,17H,9,12H2,1-3H3/t14-,15-,17-/m1/s1. The molecule has 146 valence electrons. The normalized spacial score (nSPS) is 19.2. The molecule has 2 heterocycles. The number of aryl methyl sites for hydroxylation is 1. The van der Waals surface area contributed by atoms with Crippen molar-refractivity contribution < 1.29 is 9.53 Å². The van der Waals surface area contributed by atoms with Crippen LogP contribution < -0.4 is 4.74 Å². The number of amides is 1. The number of rotatable bonds is 5. The predicted molar refractivity (Wildman–Crippen MR) is 113 cm³/mol. The lowest BCUT2D eigenvalue weighted by atomic mass is 10.0. The van der Waals surface area contributed by atoms with E-state index < -0.39 is 0 Å². The first-order chi connectivity index (χ1) is 13.4. The Morgan fingerprint density at radius 3 is 2.71 bits per heavy atom. The van der Waals surface area contributed by atoms with Gasteiger partial charge in [0.2, 0.25) is 5.91 Å². The van der Waals surface area contributed by atoms with Crippen molar-refractivity contribution in [2.75, 3.05) is 6.54 Å². The van der Waals surface area contributed by atoms with Gasteiger partial charge in [-0.1, -0.05) is 46.3 Å². The first-order valence-electron chi connectivity index (χ1n) is 9.55. The molecule has 3 aromatic rings. The average Bonchev–Trinajstić information content (AvgIpc) is 3.25. The SMILES string of the molecule is C[C@H](c1ccccc1)N1C[C@H]([C@@H](C)Oc2cc(Br)cc3ncn(C)c23)CC1=O. The molecule has 1 aliphatic rings. The fourth-order valence-corrected chi connectivity index (χ4v) is 4.39. The Morgan fingerprint density at radius 2 is 1.96 bits per heavy atom. The Morgan fingerprint density at radius 1 is 1.21 bits per heavy atom. The molecule has 0 saturated carbocycles. The van der Waals surface area contributed by atoms with Crippen LogP contribution in [0.2, 0.25) is 0 Å². The number of carbonyl (C=O) groups excluding carboxylic acids is 1. The van der Waals surface area contributed by atoms with E-state index in [1.807, 2.05) is 46.8 Å². The molecule has 0 N–H and O–H groups in total. The fourth-order valence-electron chi connectivity index (χ4n) is 3.97. The highest BCUT2D eigenvalue weighted by atomic mass is 79.9. The predicted octanol–water partition coefficient (Wildman–Crippen LogP) is 4.71. The van der Waals surface area contributed by atoms with E-state index in [2.05, 4.69) is 46.9 Å². The summed E-state index contributed by atoms with van der Waals surface area (Å²) in [5.41, 5.74) is 3.02. The first kappa shape index (κ1) is 19.0. The third-order valence-corrected chi connectivity index (χ3v) is 6.11. The second-order valence-corrected chi connectivity index (χ2v) is 8.46. The summed E-state index contributed by atoms with van der Waals surface area (Å²) in [5.74, 6) is 1.14. The third kappa shape index (κ3) is 3.53. The zero-order chi connectivity index (χ0) is 19.8. The summed E-state index contributed by atoms with van der Waals surface area (Å²) in [5, 5.41) is 0. The van der Waals surface area contributed by atoms with Gasteiger partial charge >= 0.3 is 0 Å². The lowest BCUT2D eigenvalue weighted by Gasteiger charge is -2.26. The molecule has 0 aliphatic carbocycles. The van der Waals surface area contributed by atoms with E-state index in [0.717, 1.165) is 26.8 Å². The Hall–Kier alpha value is -2.34. The zero-order valence-electron chi connectivity index (χ0n) is 16.3. The summed E-state index contributed by atoms with van der Waals surface area (Å²) < 4.78 is 9.24.